The van der Waals surface area contributed by atoms with E-state index in [1.807, 2.05) is 30.3 Å². The van der Waals surface area contributed by atoms with Crippen molar-refractivity contribution in [2.45, 2.75) is 26.7 Å². The smallest absolute Gasteiger partial charge is 0.255 e. The van der Waals surface area contributed by atoms with Crippen LogP contribution in [-0.4, -0.2) is 25.5 Å². The van der Waals surface area contributed by atoms with Gasteiger partial charge < -0.3 is 15.1 Å². The summed E-state index contributed by atoms with van der Waals surface area (Å²) < 4.78 is 6.16. The number of benzene rings is 2. The second-order valence-electron chi connectivity index (χ2n) is 8.18. The highest BCUT2D eigenvalue weighted by Crippen LogP contribution is 2.29. The van der Waals surface area contributed by atoms with Crippen molar-refractivity contribution in [2.75, 3.05) is 19.6 Å². The fourth-order valence-electron chi connectivity index (χ4n) is 3.95. The van der Waals surface area contributed by atoms with Gasteiger partial charge in [0.05, 0.1) is 10.9 Å². The van der Waals surface area contributed by atoms with E-state index in [0.717, 1.165) is 31.5 Å². The number of rotatable bonds is 4. The zero-order valence-electron chi connectivity index (χ0n) is 16.9. The third-order valence-electron chi connectivity index (χ3n) is 5.91. The van der Waals surface area contributed by atoms with Crippen LogP contribution >= 0.6 is 0 Å². The van der Waals surface area contributed by atoms with Crippen LogP contribution in [0.15, 0.2) is 57.7 Å². The molecule has 29 heavy (non-hydrogen) atoms. The van der Waals surface area contributed by atoms with Gasteiger partial charge in [-0.15, -0.1) is 0 Å². The highest BCUT2D eigenvalue weighted by molar-refractivity contribution is 6.05. The van der Waals surface area contributed by atoms with Gasteiger partial charge in [0.2, 0.25) is 0 Å². The van der Waals surface area contributed by atoms with Crippen molar-refractivity contribution in [1.29, 1.82) is 0 Å². The predicted molar refractivity (Wildman–Crippen MR) is 115 cm³/mol. The van der Waals surface area contributed by atoms with Crippen molar-refractivity contribution in [3.63, 3.8) is 0 Å². The van der Waals surface area contributed by atoms with Gasteiger partial charge in [0, 0.05) is 17.7 Å². The number of fused-ring (bicyclic) bond motifs is 1. The van der Waals surface area contributed by atoms with Crippen LogP contribution in [0.25, 0.3) is 22.3 Å². The molecule has 5 heteroatoms. The SMILES string of the molecule is Cc1c(-c2ccccc2)oc2c(C(=O)NCC3(C)CCNCC3)cccc2c1=O. The molecule has 2 heterocycles. The first kappa shape index (κ1) is 19.4. The van der Waals surface area contributed by atoms with Crippen molar-refractivity contribution in [3.8, 4) is 11.3 Å². The molecule has 1 amide bonds. The van der Waals surface area contributed by atoms with E-state index in [1.54, 1.807) is 25.1 Å². The highest BCUT2D eigenvalue weighted by Gasteiger charge is 2.28. The van der Waals surface area contributed by atoms with Crippen LogP contribution in [0.5, 0.6) is 0 Å². The average Bonchev–Trinajstić information content (AvgIpc) is 2.75. The lowest BCUT2D eigenvalue weighted by Gasteiger charge is -2.34. The number of hydrogen-bond donors (Lipinski definition) is 2. The number of piperidine rings is 1. The summed E-state index contributed by atoms with van der Waals surface area (Å²) in [5, 5.41) is 6.85. The summed E-state index contributed by atoms with van der Waals surface area (Å²) in [6, 6.07) is 14.7. The van der Waals surface area contributed by atoms with Gasteiger partial charge in [-0.1, -0.05) is 43.3 Å². The second kappa shape index (κ2) is 7.84. The molecule has 0 atom stereocenters. The number of nitrogens with one attached hydrogen (secondary N) is 2. The molecule has 1 aliphatic heterocycles. The molecule has 1 aromatic heterocycles. The first-order valence-corrected chi connectivity index (χ1v) is 10.1. The Morgan fingerprint density at radius 3 is 2.55 bits per heavy atom. The molecule has 2 aromatic carbocycles. The lowest BCUT2D eigenvalue weighted by molar-refractivity contribution is 0.0923. The third-order valence-corrected chi connectivity index (χ3v) is 5.91. The summed E-state index contributed by atoms with van der Waals surface area (Å²) >= 11 is 0. The summed E-state index contributed by atoms with van der Waals surface area (Å²) in [5.74, 6) is 0.301. The minimum atomic E-state index is -0.207. The summed E-state index contributed by atoms with van der Waals surface area (Å²) in [4.78, 5) is 26.0. The molecule has 4 rings (SSSR count). The number of hydrogen-bond acceptors (Lipinski definition) is 4. The summed E-state index contributed by atoms with van der Waals surface area (Å²) in [6.45, 7) is 6.50. The molecular weight excluding hydrogens is 364 g/mol. The molecule has 0 saturated carbocycles. The largest absolute Gasteiger partial charge is 0.455 e. The van der Waals surface area contributed by atoms with E-state index >= 15 is 0 Å². The molecule has 0 bridgehead atoms. The standard InChI is InChI=1S/C24H26N2O3/c1-16-20(27)18-9-6-10-19(22(18)29-21(16)17-7-4-3-5-8-17)23(28)26-15-24(2)11-13-25-14-12-24/h3-10,25H,11-15H2,1-2H3,(H,26,28). The average molecular weight is 390 g/mol. The highest BCUT2D eigenvalue weighted by atomic mass is 16.3. The van der Waals surface area contributed by atoms with E-state index in [4.69, 9.17) is 4.42 Å². The van der Waals surface area contributed by atoms with Gasteiger partial charge in [-0.05, 0) is 50.4 Å². The van der Waals surface area contributed by atoms with Gasteiger partial charge in [-0.25, -0.2) is 0 Å². The summed E-state index contributed by atoms with van der Waals surface area (Å²) in [5.41, 5.74) is 2.08. The number of carbonyl (C=O) groups excluding carboxylic acids is 1. The third kappa shape index (κ3) is 3.83. The minimum Gasteiger partial charge on any atom is -0.455 e. The zero-order valence-corrected chi connectivity index (χ0v) is 16.9. The van der Waals surface area contributed by atoms with Crippen LogP contribution in [0.3, 0.4) is 0 Å². The molecule has 2 N–H and O–H groups in total. The van der Waals surface area contributed by atoms with E-state index in [1.165, 1.54) is 0 Å². The zero-order chi connectivity index (χ0) is 20.4. The monoisotopic (exact) mass is 390 g/mol. The Labute approximate surface area is 170 Å². The molecule has 1 aliphatic rings. The molecule has 150 valence electrons. The maximum absolute atomic E-state index is 13.0. The first-order valence-electron chi connectivity index (χ1n) is 10.1. The Morgan fingerprint density at radius 2 is 1.83 bits per heavy atom. The van der Waals surface area contributed by atoms with Crippen molar-refractivity contribution in [3.05, 3.63) is 69.9 Å². The van der Waals surface area contributed by atoms with Crippen LogP contribution in [0.4, 0.5) is 0 Å². The quantitative estimate of drug-likeness (QED) is 0.709. The minimum absolute atomic E-state index is 0.0815. The molecule has 5 nitrogen and oxygen atoms in total. The van der Waals surface area contributed by atoms with Crippen molar-refractivity contribution >= 4 is 16.9 Å². The lowest BCUT2D eigenvalue weighted by Crippen LogP contribution is -2.42. The number of para-hydroxylation sites is 1. The second-order valence-corrected chi connectivity index (χ2v) is 8.18. The van der Waals surface area contributed by atoms with Gasteiger partial charge in [0.1, 0.15) is 5.76 Å². The van der Waals surface area contributed by atoms with Gasteiger partial charge in [0.15, 0.2) is 11.0 Å². The fourth-order valence-corrected chi connectivity index (χ4v) is 3.95. The maximum atomic E-state index is 13.0. The van der Waals surface area contributed by atoms with Gasteiger partial charge in [0.25, 0.3) is 5.91 Å². The van der Waals surface area contributed by atoms with Crippen LogP contribution in [0.2, 0.25) is 0 Å². The van der Waals surface area contributed by atoms with Crippen molar-refractivity contribution < 1.29 is 9.21 Å². The lowest BCUT2D eigenvalue weighted by atomic mass is 9.81. The Bertz CT molecular complexity index is 1100. The molecule has 1 fully saturated rings. The fraction of sp³-hybridized carbons (Fsp3) is 0.333. The molecule has 1 saturated heterocycles. The van der Waals surface area contributed by atoms with E-state index in [-0.39, 0.29) is 16.8 Å². The van der Waals surface area contributed by atoms with E-state index in [2.05, 4.69) is 17.6 Å². The van der Waals surface area contributed by atoms with E-state index in [0.29, 0.717) is 34.4 Å². The summed E-state index contributed by atoms with van der Waals surface area (Å²) in [6.07, 6.45) is 2.05. The molecular formula is C24H26N2O3. The first-order chi connectivity index (χ1) is 14.0. The van der Waals surface area contributed by atoms with Crippen molar-refractivity contribution in [2.24, 2.45) is 5.41 Å². The Kier molecular flexibility index (Phi) is 5.24. The molecule has 0 unspecified atom stereocenters. The summed E-state index contributed by atoms with van der Waals surface area (Å²) in [7, 11) is 0. The molecule has 0 spiro atoms. The van der Waals surface area contributed by atoms with Crippen molar-refractivity contribution in [1.82, 2.24) is 10.6 Å². The Hall–Kier alpha value is -2.92. The van der Waals surface area contributed by atoms with Crippen LogP contribution in [0, 0.1) is 12.3 Å². The van der Waals surface area contributed by atoms with E-state index < -0.39 is 0 Å². The van der Waals surface area contributed by atoms with Gasteiger partial charge >= 0.3 is 0 Å². The Morgan fingerprint density at radius 1 is 1.10 bits per heavy atom. The molecule has 3 aromatic rings. The van der Waals surface area contributed by atoms with Gasteiger partial charge in [-0.3, -0.25) is 9.59 Å². The van der Waals surface area contributed by atoms with E-state index in [9.17, 15) is 9.59 Å². The topological polar surface area (TPSA) is 71.3 Å². The van der Waals surface area contributed by atoms with Crippen LogP contribution < -0.4 is 16.1 Å². The molecule has 0 aliphatic carbocycles. The predicted octanol–water partition coefficient (Wildman–Crippen LogP) is 3.89. The maximum Gasteiger partial charge on any atom is 0.255 e. The number of carbonyl (C=O) groups is 1. The van der Waals surface area contributed by atoms with Crippen LogP contribution in [-0.2, 0) is 0 Å². The molecule has 0 radical (unpaired) electrons. The normalized spacial score (nSPS) is 15.9. The Balaban J connectivity index is 1.72. The van der Waals surface area contributed by atoms with Gasteiger partial charge in [-0.2, -0.15) is 0 Å². The number of amides is 1. The van der Waals surface area contributed by atoms with Crippen LogP contribution in [0.1, 0.15) is 35.7 Å².